The minimum atomic E-state index is 1.06. The van der Waals surface area contributed by atoms with Gasteiger partial charge in [-0.25, -0.2) is 9.97 Å². The zero-order valence-corrected chi connectivity index (χ0v) is 10.1. The Hall–Kier alpha value is -1.20. The predicted molar refractivity (Wildman–Crippen MR) is 67.1 cm³/mol. The lowest BCUT2D eigenvalue weighted by molar-refractivity contribution is 0.312. The highest BCUT2D eigenvalue weighted by atomic mass is 32.1. The van der Waals surface area contributed by atoms with E-state index in [4.69, 9.17) is 0 Å². The molecule has 0 atom stereocenters. The Bertz CT molecular complexity index is 487. The highest BCUT2D eigenvalue weighted by Gasteiger charge is 2.17. The second kappa shape index (κ2) is 3.99. The van der Waals surface area contributed by atoms with Gasteiger partial charge in [0.05, 0.1) is 10.2 Å². The zero-order chi connectivity index (χ0) is 11.0. The lowest BCUT2D eigenvalue weighted by Crippen LogP contribution is -2.44. The summed E-state index contributed by atoms with van der Waals surface area (Å²) in [7, 11) is 2.16. The van der Waals surface area contributed by atoms with Crippen LogP contribution in [-0.4, -0.2) is 48.1 Å². The van der Waals surface area contributed by atoms with E-state index >= 15 is 0 Å². The van der Waals surface area contributed by atoms with E-state index < -0.39 is 0 Å². The van der Waals surface area contributed by atoms with E-state index in [1.807, 2.05) is 0 Å². The summed E-state index contributed by atoms with van der Waals surface area (Å²) in [6, 6.07) is 2.06. The van der Waals surface area contributed by atoms with Gasteiger partial charge in [0.2, 0.25) is 0 Å². The van der Waals surface area contributed by atoms with E-state index in [-0.39, 0.29) is 0 Å². The van der Waals surface area contributed by atoms with Gasteiger partial charge in [-0.05, 0) is 18.5 Å². The van der Waals surface area contributed by atoms with Crippen LogP contribution in [0.15, 0.2) is 17.8 Å². The van der Waals surface area contributed by atoms with Crippen molar-refractivity contribution in [1.82, 2.24) is 14.9 Å². The molecule has 0 bridgehead atoms. The smallest absolute Gasteiger partial charge is 0.150 e. The summed E-state index contributed by atoms with van der Waals surface area (Å²) in [6.07, 6.45) is 1.67. The van der Waals surface area contributed by atoms with Gasteiger partial charge in [-0.2, -0.15) is 0 Å². The molecule has 5 heteroatoms. The predicted octanol–water partition coefficient (Wildman–Crippen LogP) is 1.44. The molecule has 16 heavy (non-hydrogen) atoms. The number of rotatable bonds is 1. The van der Waals surface area contributed by atoms with Crippen LogP contribution in [0.25, 0.3) is 10.2 Å². The maximum Gasteiger partial charge on any atom is 0.150 e. The number of likely N-dealkylation sites (N-methyl/N-ethyl adjacent to an activating group) is 1. The van der Waals surface area contributed by atoms with Crippen LogP contribution >= 0.6 is 11.3 Å². The molecule has 0 radical (unpaired) electrons. The Balaban J connectivity index is 1.96. The summed E-state index contributed by atoms with van der Waals surface area (Å²) < 4.78 is 1.21. The van der Waals surface area contributed by atoms with Crippen molar-refractivity contribution in [2.45, 2.75) is 0 Å². The lowest BCUT2D eigenvalue weighted by Gasteiger charge is -2.33. The van der Waals surface area contributed by atoms with E-state index in [9.17, 15) is 0 Å². The molecule has 0 aliphatic carbocycles. The highest BCUT2D eigenvalue weighted by Crippen LogP contribution is 2.28. The Morgan fingerprint density at radius 2 is 2.00 bits per heavy atom. The number of anilines is 1. The Labute approximate surface area is 98.5 Å². The Kier molecular flexibility index (Phi) is 2.49. The molecule has 0 N–H and O–H groups in total. The monoisotopic (exact) mass is 234 g/mol. The fourth-order valence-corrected chi connectivity index (χ4v) is 2.88. The van der Waals surface area contributed by atoms with Crippen molar-refractivity contribution in [2.24, 2.45) is 0 Å². The molecule has 2 aromatic rings. The van der Waals surface area contributed by atoms with Gasteiger partial charge in [0.15, 0.2) is 0 Å². The van der Waals surface area contributed by atoms with Crippen LogP contribution in [0.5, 0.6) is 0 Å². The molecule has 3 heterocycles. The SMILES string of the molecule is CN1CCN(c2ncnc3ccsc23)CC1. The van der Waals surface area contributed by atoms with E-state index in [2.05, 4.69) is 38.3 Å². The van der Waals surface area contributed by atoms with Crippen molar-refractivity contribution in [2.75, 3.05) is 38.1 Å². The number of hydrogen-bond donors (Lipinski definition) is 0. The fraction of sp³-hybridized carbons (Fsp3) is 0.455. The summed E-state index contributed by atoms with van der Waals surface area (Å²) in [5, 5.41) is 2.08. The van der Waals surface area contributed by atoms with Gasteiger partial charge < -0.3 is 9.80 Å². The lowest BCUT2D eigenvalue weighted by atomic mass is 10.3. The zero-order valence-electron chi connectivity index (χ0n) is 9.26. The van der Waals surface area contributed by atoms with Crippen LogP contribution in [-0.2, 0) is 0 Å². The first-order chi connectivity index (χ1) is 7.84. The van der Waals surface area contributed by atoms with E-state index in [0.717, 1.165) is 37.5 Å². The third-order valence-electron chi connectivity index (χ3n) is 3.03. The topological polar surface area (TPSA) is 32.3 Å². The molecule has 1 aliphatic rings. The first-order valence-corrected chi connectivity index (χ1v) is 6.34. The fourth-order valence-electron chi connectivity index (χ4n) is 2.02. The van der Waals surface area contributed by atoms with Crippen molar-refractivity contribution < 1.29 is 0 Å². The first kappa shape index (κ1) is 9.99. The van der Waals surface area contributed by atoms with E-state index in [1.54, 1.807) is 17.7 Å². The van der Waals surface area contributed by atoms with Gasteiger partial charge in [-0.15, -0.1) is 11.3 Å². The highest BCUT2D eigenvalue weighted by molar-refractivity contribution is 7.17. The van der Waals surface area contributed by atoms with Crippen molar-refractivity contribution >= 4 is 27.4 Å². The van der Waals surface area contributed by atoms with Crippen LogP contribution < -0.4 is 4.90 Å². The van der Waals surface area contributed by atoms with Crippen LogP contribution in [0.1, 0.15) is 0 Å². The summed E-state index contributed by atoms with van der Waals surface area (Å²) in [5.74, 6) is 1.10. The number of thiophene rings is 1. The molecule has 0 unspecified atom stereocenters. The molecule has 0 saturated carbocycles. The summed E-state index contributed by atoms with van der Waals surface area (Å²) >= 11 is 1.73. The molecule has 2 aromatic heterocycles. The minimum absolute atomic E-state index is 1.06. The van der Waals surface area contributed by atoms with Gasteiger partial charge in [-0.1, -0.05) is 0 Å². The molecule has 3 rings (SSSR count). The van der Waals surface area contributed by atoms with E-state index in [1.165, 1.54) is 4.70 Å². The van der Waals surface area contributed by atoms with Crippen molar-refractivity contribution in [3.8, 4) is 0 Å². The Morgan fingerprint density at radius 1 is 1.19 bits per heavy atom. The molecule has 0 amide bonds. The number of fused-ring (bicyclic) bond motifs is 1. The van der Waals surface area contributed by atoms with Crippen molar-refractivity contribution in [3.63, 3.8) is 0 Å². The van der Waals surface area contributed by atoms with Gasteiger partial charge in [0.25, 0.3) is 0 Å². The molecule has 0 aromatic carbocycles. The van der Waals surface area contributed by atoms with Crippen molar-refractivity contribution in [3.05, 3.63) is 17.8 Å². The second-order valence-electron chi connectivity index (χ2n) is 4.12. The molecule has 4 nitrogen and oxygen atoms in total. The average Bonchev–Trinajstić information content (AvgIpc) is 2.78. The summed E-state index contributed by atoms with van der Waals surface area (Å²) in [5.41, 5.74) is 1.06. The van der Waals surface area contributed by atoms with Gasteiger partial charge in [0, 0.05) is 26.2 Å². The summed E-state index contributed by atoms with van der Waals surface area (Å²) in [4.78, 5) is 13.4. The quantitative estimate of drug-likeness (QED) is 0.747. The maximum atomic E-state index is 4.43. The standard InChI is InChI=1S/C11H14N4S/c1-14-3-5-15(6-4-14)11-10-9(2-7-16-10)12-8-13-11/h2,7-8H,3-6H2,1H3. The largest absolute Gasteiger partial charge is 0.353 e. The van der Waals surface area contributed by atoms with Gasteiger partial charge in [0.1, 0.15) is 12.1 Å². The molecule has 84 valence electrons. The van der Waals surface area contributed by atoms with E-state index in [0.29, 0.717) is 0 Å². The molecule has 1 aliphatic heterocycles. The average molecular weight is 234 g/mol. The van der Waals surface area contributed by atoms with Gasteiger partial charge >= 0.3 is 0 Å². The number of hydrogen-bond acceptors (Lipinski definition) is 5. The molecular formula is C11H14N4S. The van der Waals surface area contributed by atoms with Crippen LogP contribution in [0.3, 0.4) is 0 Å². The number of nitrogens with zero attached hydrogens (tertiary/aromatic N) is 4. The third-order valence-corrected chi connectivity index (χ3v) is 3.93. The maximum absolute atomic E-state index is 4.43. The third kappa shape index (κ3) is 1.66. The Morgan fingerprint density at radius 3 is 2.81 bits per heavy atom. The van der Waals surface area contributed by atoms with Crippen LogP contribution in [0.2, 0.25) is 0 Å². The second-order valence-corrected chi connectivity index (χ2v) is 5.04. The molecule has 1 fully saturated rings. The van der Waals surface area contributed by atoms with Crippen LogP contribution in [0, 0.1) is 0 Å². The molecular weight excluding hydrogens is 220 g/mol. The molecule has 0 spiro atoms. The normalized spacial score (nSPS) is 18.2. The number of piperazine rings is 1. The van der Waals surface area contributed by atoms with Crippen LogP contribution in [0.4, 0.5) is 5.82 Å². The first-order valence-electron chi connectivity index (χ1n) is 5.46. The summed E-state index contributed by atoms with van der Waals surface area (Å²) in [6.45, 7) is 4.33. The van der Waals surface area contributed by atoms with Gasteiger partial charge in [-0.3, -0.25) is 0 Å². The minimum Gasteiger partial charge on any atom is -0.353 e. The number of aromatic nitrogens is 2. The van der Waals surface area contributed by atoms with Crippen molar-refractivity contribution in [1.29, 1.82) is 0 Å². The molecule has 1 saturated heterocycles.